The number of para-hydroxylation sites is 1. The van der Waals surface area contributed by atoms with E-state index in [1.165, 1.54) is 0 Å². The van der Waals surface area contributed by atoms with Gasteiger partial charge in [0.2, 0.25) is 5.91 Å². The fourth-order valence-electron chi connectivity index (χ4n) is 3.38. The number of nitrogens with zero attached hydrogens (tertiary/aromatic N) is 1. The molecule has 1 aliphatic heterocycles. The summed E-state index contributed by atoms with van der Waals surface area (Å²) in [5, 5.41) is 6.65. The highest BCUT2D eigenvalue weighted by molar-refractivity contribution is 5.97. The summed E-state index contributed by atoms with van der Waals surface area (Å²) in [6.07, 6.45) is 0. The van der Waals surface area contributed by atoms with Gasteiger partial charge in [-0.25, -0.2) is 4.79 Å². The first kappa shape index (κ1) is 18.9. The highest BCUT2D eigenvalue weighted by atomic mass is 16.4. The van der Waals surface area contributed by atoms with Crippen molar-refractivity contribution in [2.24, 2.45) is 0 Å². The van der Waals surface area contributed by atoms with Crippen LogP contribution in [-0.4, -0.2) is 49.4 Å². The van der Waals surface area contributed by atoms with Crippen LogP contribution in [-0.2, 0) is 4.79 Å². The summed E-state index contributed by atoms with van der Waals surface area (Å²) in [4.78, 5) is 38.9. The first-order chi connectivity index (χ1) is 14.1. The van der Waals surface area contributed by atoms with Crippen LogP contribution in [0, 0.1) is 0 Å². The molecule has 7 heteroatoms. The number of piperazine rings is 1. The van der Waals surface area contributed by atoms with Gasteiger partial charge in [-0.2, -0.15) is 0 Å². The molecule has 2 aromatic carbocycles. The molecule has 0 unspecified atom stereocenters. The van der Waals surface area contributed by atoms with Gasteiger partial charge >= 0.3 is 5.63 Å². The Morgan fingerprint density at radius 2 is 1.83 bits per heavy atom. The zero-order valence-corrected chi connectivity index (χ0v) is 15.8. The molecule has 0 bridgehead atoms. The van der Waals surface area contributed by atoms with Gasteiger partial charge in [0, 0.05) is 37.1 Å². The summed E-state index contributed by atoms with van der Waals surface area (Å²) in [5.41, 5.74) is 1.40. The number of benzene rings is 2. The molecule has 0 atom stereocenters. The van der Waals surface area contributed by atoms with E-state index in [1.807, 2.05) is 12.1 Å². The molecule has 148 valence electrons. The van der Waals surface area contributed by atoms with Crippen molar-refractivity contribution in [1.82, 2.24) is 15.5 Å². The molecule has 4 rings (SSSR count). The maximum atomic E-state index is 12.5. The average molecular weight is 391 g/mol. The Kier molecular flexibility index (Phi) is 5.39. The van der Waals surface area contributed by atoms with Crippen LogP contribution in [0.5, 0.6) is 0 Å². The van der Waals surface area contributed by atoms with Crippen LogP contribution >= 0.6 is 0 Å². The molecular weight excluding hydrogens is 370 g/mol. The Labute approximate surface area is 167 Å². The van der Waals surface area contributed by atoms with E-state index in [0.717, 1.165) is 18.5 Å². The Morgan fingerprint density at radius 1 is 1.03 bits per heavy atom. The molecule has 7 nitrogen and oxygen atoms in total. The number of amides is 2. The molecule has 0 spiro atoms. The normalized spacial score (nSPS) is 14.0. The van der Waals surface area contributed by atoms with Crippen LogP contribution in [0.2, 0.25) is 0 Å². The fourth-order valence-corrected chi connectivity index (χ4v) is 3.38. The fraction of sp³-hybridized carbons (Fsp3) is 0.227. The minimum Gasteiger partial charge on any atom is -0.422 e. The predicted molar refractivity (Wildman–Crippen MR) is 110 cm³/mol. The number of nitrogens with one attached hydrogen (secondary N) is 2. The number of fused-ring (bicyclic) bond motifs is 1. The molecule has 2 N–H and O–H groups in total. The summed E-state index contributed by atoms with van der Waals surface area (Å²) < 4.78 is 5.38. The molecular formula is C22H21N3O4. The van der Waals surface area contributed by atoms with Crippen molar-refractivity contribution in [3.05, 3.63) is 70.6 Å². The maximum Gasteiger partial charge on any atom is 0.344 e. The van der Waals surface area contributed by atoms with E-state index in [9.17, 15) is 14.4 Å². The van der Waals surface area contributed by atoms with Crippen molar-refractivity contribution in [3.8, 4) is 11.1 Å². The third kappa shape index (κ3) is 4.20. The number of rotatable bonds is 4. The highest BCUT2D eigenvalue weighted by Crippen LogP contribution is 2.21. The summed E-state index contributed by atoms with van der Waals surface area (Å²) >= 11 is 0. The van der Waals surface area contributed by atoms with E-state index in [0.29, 0.717) is 35.4 Å². The molecule has 0 radical (unpaired) electrons. The monoisotopic (exact) mass is 391 g/mol. The molecule has 1 fully saturated rings. The second-order valence-electron chi connectivity index (χ2n) is 6.88. The summed E-state index contributed by atoms with van der Waals surface area (Å²) in [5.74, 6) is -0.466. The summed E-state index contributed by atoms with van der Waals surface area (Å²) in [6, 6.07) is 15.8. The second kappa shape index (κ2) is 8.28. The largest absolute Gasteiger partial charge is 0.422 e. The molecule has 0 aliphatic carbocycles. The quantitative estimate of drug-likeness (QED) is 0.660. The van der Waals surface area contributed by atoms with Crippen LogP contribution in [0.25, 0.3) is 22.1 Å². The number of hydrogen-bond acceptors (Lipinski definition) is 5. The summed E-state index contributed by atoms with van der Waals surface area (Å²) in [6.45, 7) is 2.75. The van der Waals surface area contributed by atoms with Gasteiger partial charge in [0.25, 0.3) is 5.91 Å². The molecule has 3 aromatic rings. The van der Waals surface area contributed by atoms with E-state index < -0.39 is 5.63 Å². The molecule has 2 heterocycles. The summed E-state index contributed by atoms with van der Waals surface area (Å²) in [7, 11) is 0. The predicted octanol–water partition coefficient (Wildman–Crippen LogP) is 1.62. The van der Waals surface area contributed by atoms with Crippen molar-refractivity contribution in [3.63, 3.8) is 0 Å². The second-order valence-corrected chi connectivity index (χ2v) is 6.88. The zero-order valence-electron chi connectivity index (χ0n) is 15.8. The number of carbonyl (C=O) groups is 2. The first-order valence-corrected chi connectivity index (χ1v) is 9.52. The Bertz CT molecular complexity index is 1120. The van der Waals surface area contributed by atoms with Crippen LogP contribution < -0.4 is 16.3 Å². The lowest BCUT2D eigenvalue weighted by molar-refractivity contribution is -0.130. The minimum absolute atomic E-state index is 0.0544. The van der Waals surface area contributed by atoms with Crippen LogP contribution in [0.1, 0.15) is 10.4 Å². The standard InChI is InChI=1S/C22H21N3O4/c26-20(25-10-8-23-9-11-25)14-24-21(27)17-6-3-5-15(12-17)18-13-16-4-1-2-7-19(16)29-22(18)28/h1-7,12-13,23H,8-11,14H2,(H,24,27). The van der Waals surface area contributed by atoms with E-state index in [2.05, 4.69) is 10.6 Å². The van der Waals surface area contributed by atoms with Gasteiger partial charge in [-0.15, -0.1) is 0 Å². The Hall–Kier alpha value is -3.45. The smallest absolute Gasteiger partial charge is 0.344 e. The first-order valence-electron chi connectivity index (χ1n) is 9.52. The number of hydrogen-bond donors (Lipinski definition) is 2. The van der Waals surface area contributed by atoms with Gasteiger partial charge in [-0.1, -0.05) is 30.3 Å². The zero-order chi connectivity index (χ0) is 20.2. The maximum absolute atomic E-state index is 12.5. The lowest BCUT2D eigenvalue weighted by Crippen LogP contribution is -2.49. The van der Waals surface area contributed by atoms with Crippen molar-refractivity contribution in [2.75, 3.05) is 32.7 Å². The van der Waals surface area contributed by atoms with E-state index in [1.54, 1.807) is 47.4 Å². The number of carbonyl (C=O) groups excluding carboxylic acids is 2. The van der Waals surface area contributed by atoms with Crippen molar-refractivity contribution < 1.29 is 14.0 Å². The molecule has 2 amide bonds. The lowest BCUT2D eigenvalue weighted by atomic mass is 10.0. The average Bonchev–Trinajstić information content (AvgIpc) is 2.77. The lowest BCUT2D eigenvalue weighted by Gasteiger charge is -2.27. The highest BCUT2D eigenvalue weighted by Gasteiger charge is 2.17. The molecule has 1 aromatic heterocycles. The molecule has 0 saturated carbocycles. The molecule has 1 aliphatic rings. The van der Waals surface area contributed by atoms with Crippen LogP contribution in [0.3, 0.4) is 0 Å². The third-order valence-corrected chi connectivity index (χ3v) is 4.95. The van der Waals surface area contributed by atoms with Gasteiger partial charge in [0.05, 0.1) is 12.1 Å². The van der Waals surface area contributed by atoms with Gasteiger partial charge < -0.3 is 20.0 Å². The topological polar surface area (TPSA) is 91.7 Å². The Balaban J connectivity index is 1.51. The van der Waals surface area contributed by atoms with Crippen molar-refractivity contribution in [2.45, 2.75) is 0 Å². The van der Waals surface area contributed by atoms with Crippen LogP contribution in [0.15, 0.2) is 63.8 Å². The minimum atomic E-state index is -0.463. The SMILES string of the molecule is O=C(NCC(=O)N1CCNCC1)c1cccc(-c2cc3ccccc3oc2=O)c1. The third-order valence-electron chi connectivity index (χ3n) is 4.95. The van der Waals surface area contributed by atoms with E-state index >= 15 is 0 Å². The molecule has 29 heavy (non-hydrogen) atoms. The molecule has 1 saturated heterocycles. The van der Waals surface area contributed by atoms with E-state index in [4.69, 9.17) is 4.42 Å². The van der Waals surface area contributed by atoms with Crippen molar-refractivity contribution >= 4 is 22.8 Å². The van der Waals surface area contributed by atoms with Gasteiger partial charge in [-0.3, -0.25) is 9.59 Å². The van der Waals surface area contributed by atoms with E-state index in [-0.39, 0.29) is 18.4 Å². The van der Waals surface area contributed by atoms with Gasteiger partial charge in [0.15, 0.2) is 0 Å². The van der Waals surface area contributed by atoms with Gasteiger partial charge in [-0.05, 0) is 29.8 Å². The Morgan fingerprint density at radius 3 is 2.66 bits per heavy atom. The van der Waals surface area contributed by atoms with Crippen molar-refractivity contribution in [1.29, 1.82) is 0 Å². The van der Waals surface area contributed by atoms with Gasteiger partial charge in [0.1, 0.15) is 5.58 Å². The van der Waals surface area contributed by atoms with Crippen LogP contribution in [0.4, 0.5) is 0 Å².